The zero-order chi connectivity index (χ0) is 21.2. The standard InChI is InChI=1S/C23H30N2O4/c1-5-11-18-16-17(2)19-12-8-9-13-20(19)22(26)24-21(23(27)25(3)28-4)14-7-6-10-15-29-18/h5,8-9,11-13,16,21H,1,6-7,10,14-15H2,2-4H3,(H,24,26)/b17-16+,18-11+. The Morgan fingerprint density at radius 2 is 2.00 bits per heavy atom. The minimum Gasteiger partial charge on any atom is -0.494 e. The third-order valence-corrected chi connectivity index (χ3v) is 4.83. The van der Waals surface area contributed by atoms with Gasteiger partial charge in [0, 0.05) is 12.6 Å². The number of hydroxylamine groups is 2. The monoisotopic (exact) mass is 398 g/mol. The lowest BCUT2D eigenvalue weighted by molar-refractivity contribution is -0.171. The van der Waals surface area contributed by atoms with Crippen molar-refractivity contribution in [1.29, 1.82) is 0 Å². The minimum atomic E-state index is -0.648. The molecule has 1 atom stereocenters. The van der Waals surface area contributed by atoms with Gasteiger partial charge in [-0.05, 0) is 55.5 Å². The molecule has 29 heavy (non-hydrogen) atoms. The summed E-state index contributed by atoms with van der Waals surface area (Å²) in [6.45, 7) is 6.25. The molecule has 2 amide bonds. The van der Waals surface area contributed by atoms with Crippen LogP contribution in [0.2, 0.25) is 0 Å². The molecule has 6 nitrogen and oxygen atoms in total. The first-order valence-electron chi connectivity index (χ1n) is 9.83. The van der Waals surface area contributed by atoms with Gasteiger partial charge >= 0.3 is 0 Å². The zero-order valence-corrected chi connectivity index (χ0v) is 17.4. The molecule has 0 aliphatic carbocycles. The van der Waals surface area contributed by atoms with Crippen LogP contribution in [0, 0.1) is 0 Å². The molecule has 156 valence electrons. The number of nitrogens with one attached hydrogen (secondary N) is 1. The Kier molecular flexibility index (Phi) is 8.68. The summed E-state index contributed by atoms with van der Waals surface area (Å²) in [4.78, 5) is 30.7. The third-order valence-electron chi connectivity index (χ3n) is 4.83. The zero-order valence-electron chi connectivity index (χ0n) is 17.4. The fourth-order valence-electron chi connectivity index (χ4n) is 3.19. The number of nitrogens with zero attached hydrogens (tertiary/aromatic N) is 1. The van der Waals surface area contributed by atoms with Crippen molar-refractivity contribution in [1.82, 2.24) is 10.4 Å². The minimum absolute atomic E-state index is 0.273. The van der Waals surface area contributed by atoms with Crippen LogP contribution >= 0.6 is 0 Å². The second-order valence-corrected chi connectivity index (χ2v) is 6.92. The van der Waals surface area contributed by atoms with E-state index >= 15 is 0 Å². The number of carbonyl (C=O) groups excluding carboxylic acids is 2. The van der Waals surface area contributed by atoms with Gasteiger partial charge in [0.05, 0.1) is 13.7 Å². The number of likely N-dealkylation sites (N-methyl/N-ethyl adjacent to an activating group) is 1. The van der Waals surface area contributed by atoms with Gasteiger partial charge in [0.15, 0.2) is 0 Å². The van der Waals surface area contributed by atoms with Crippen LogP contribution in [0.4, 0.5) is 0 Å². The number of rotatable bonds is 3. The SMILES string of the molecule is C=C/C=C1\C=C(/C)c2ccccc2C(=O)NC(C(=O)N(C)OC)CCCCCO1. The van der Waals surface area contributed by atoms with Gasteiger partial charge in [-0.25, -0.2) is 5.06 Å². The van der Waals surface area contributed by atoms with E-state index in [1.165, 1.54) is 7.11 Å². The molecule has 0 fully saturated rings. The first-order valence-corrected chi connectivity index (χ1v) is 9.83. The Balaban J connectivity index is 2.42. The maximum Gasteiger partial charge on any atom is 0.268 e. The maximum atomic E-state index is 13.0. The fraction of sp³-hybridized carbons (Fsp3) is 0.391. The number of ether oxygens (including phenoxy) is 1. The first kappa shape index (κ1) is 22.4. The number of fused-ring (bicyclic) bond motifs is 1. The summed E-state index contributed by atoms with van der Waals surface area (Å²) in [5.41, 5.74) is 2.18. The van der Waals surface area contributed by atoms with Gasteiger partial charge in [-0.2, -0.15) is 0 Å². The van der Waals surface area contributed by atoms with Crippen LogP contribution in [0.25, 0.3) is 5.57 Å². The van der Waals surface area contributed by atoms with E-state index in [-0.39, 0.29) is 11.8 Å². The first-order chi connectivity index (χ1) is 14.0. The van der Waals surface area contributed by atoms with Crippen molar-refractivity contribution in [3.63, 3.8) is 0 Å². The summed E-state index contributed by atoms with van der Waals surface area (Å²) in [6.07, 6.45) is 8.46. The van der Waals surface area contributed by atoms with Gasteiger partial charge in [0.2, 0.25) is 0 Å². The largest absolute Gasteiger partial charge is 0.494 e. The second-order valence-electron chi connectivity index (χ2n) is 6.92. The van der Waals surface area contributed by atoms with Crippen molar-refractivity contribution < 1.29 is 19.2 Å². The average molecular weight is 399 g/mol. The molecule has 1 N–H and O–H groups in total. The van der Waals surface area contributed by atoms with Crippen molar-refractivity contribution in [3.05, 3.63) is 66.0 Å². The van der Waals surface area contributed by atoms with Crippen molar-refractivity contribution >= 4 is 17.4 Å². The Morgan fingerprint density at radius 1 is 1.28 bits per heavy atom. The van der Waals surface area contributed by atoms with Crippen LogP contribution in [-0.2, 0) is 14.4 Å². The number of carbonyl (C=O) groups is 2. The lowest BCUT2D eigenvalue weighted by atomic mass is 9.98. The van der Waals surface area contributed by atoms with Gasteiger partial charge in [-0.15, -0.1) is 0 Å². The molecule has 6 heteroatoms. The number of benzene rings is 1. The van der Waals surface area contributed by atoms with Gasteiger partial charge < -0.3 is 10.1 Å². The predicted molar refractivity (Wildman–Crippen MR) is 114 cm³/mol. The summed E-state index contributed by atoms with van der Waals surface area (Å²) < 4.78 is 5.89. The fourth-order valence-corrected chi connectivity index (χ4v) is 3.19. The van der Waals surface area contributed by atoms with E-state index in [4.69, 9.17) is 9.57 Å². The molecule has 0 bridgehead atoms. The average Bonchev–Trinajstić information content (AvgIpc) is 2.73. The molecule has 1 aromatic rings. The van der Waals surface area contributed by atoms with Gasteiger partial charge in [-0.1, -0.05) is 37.3 Å². The molecule has 0 spiro atoms. The van der Waals surface area contributed by atoms with Crippen molar-refractivity contribution in [2.45, 2.75) is 38.6 Å². The van der Waals surface area contributed by atoms with E-state index in [2.05, 4.69) is 11.9 Å². The lowest BCUT2D eigenvalue weighted by Crippen LogP contribution is -2.47. The van der Waals surface area contributed by atoms with Gasteiger partial charge in [0.25, 0.3) is 11.8 Å². The highest BCUT2D eigenvalue weighted by Crippen LogP contribution is 2.22. The summed E-state index contributed by atoms with van der Waals surface area (Å²) in [5, 5.41) is 4.05. The van der Waals surface area contributed by atoms with Crippen molar-refractivity contribution in [2.75, 3.05) is 20.8 Å². The van der Waals surface area contributed by atoms with Crippen molar-refractivity contribution in [3.8, 4) is 0 Å². The molecular weight excluding hydrogens is 368 g/mol. The third kappa shape index (κ3) is 6.32. The molecule has 2 rings (SSSR count). The quantitative estimate of drug-likeness (QED) is 0.785. The number of allylic oxidation sites excluding steroid dienone is 4. The molecule has 1 aliphatic rings. The van der Waals surface area contributed by atoms with Crippen molar-refractivity contribution in [2.24, 2.45) is 0 Å². The van der Waals surface area contributed by atoms with Gasteiger partial charge in [0.1, 0.15) is 11.8 Å². The molecular formula is C23H30N2O4. The van der Waals surface area contributed by atoms with Crippen LogP contribution in [-0.4, -0.2) is 43.7 Å². The molecule has 1 heterocycles. The topological polar surface area (TPSA) is 67.9 Å². The summed E-state index contributed by atoms with van der Waals surface area (Å²) >= 11 is 0. The highest BCUT2D eigenvalue weighted by atomic mass is 16.7. The van der Waals surface area contributed by atoms with E-state index in [0.29, 0.717) is 24.4 Å². The highest BCUT2D eigenvalue weighted by molar-refractivity contribution is 6.01. The molecule has 1 aliphatic heterocycles. The summed E-state index contributed by atoms with van der Waals surface area (Å²) in [6, 6.07) is 6.68. The van der Waals surface area contributed by atoms with E-state index in [1.54, 1.807) is 19.2 Å². The number of amides is 2. The van der Waals surface area contributed by atoms with Crippen LogP contribution in [0.5, 0.6) is 0 Å². The Hall–Kier alpha value is -2.86. The van der Waals surface area contributed by atoms with E-state index in [1.807, 2.05) is 37.3 Å². The lowest BCUT2D eigenvalue weighted by Gasteiger charge is -2.23. The highest BCUT2D eigenvalue weighted by Gasteiger charge is 2.25. The van der Waals surface area contributed by atoms with Crippen LogP contribution in [0.1, 0.15) is 48.5 Å². The molecule has 0 saturated heterocycles. The van der Waals surface area contributed by atoms with Crippen LogP contribution < -0.4 is 5.32 Å². The smallest absolute Gasteiger partial charge is 0.268 e. The molecule has 0 radical (unpaired) electrons. The molecule has 1 aromatic carbocycles. The maximum absolute atomic E-state index is 13.0. The predicted octanol–water partition coefficient (Wildman–Crippen LogP) is 3.87. The summed E-state index contributed by atoms with van der Waals surface area (Å²) in [5.74, 6) is 0.146. The second kappa shape index (κ2) is 11.2. The van der Waals surface area contributed by atoms with Gasteiger partial charge in [-0.3, -0.25) is 14.4 Å². The van der Waals surface area contributed by atoms with E-state index in [0.717, 1.165) is 35.5 Å². The summed E-state index contributed by atoms with van der Waals surface area (Å²) in [7, 11) is 2.97. The van der Waals surface area contributed by atoms with Crippen LogP contribution in [0.3, 0.4) is 0 Å². The Labute approximate surface area is 172 Å². The molecule has 1 unspecified atom stereocenters. The normalized spacial score (nSPS) is 21.6. The Bertz CT molecular complexity index is 798. The number of hydrogen-bond donors (Lipinski definition) is 1. The Morgan fingerprint density at radius 3 is 2.69 bits per heavy atom. The molecule has 0 aromatic heterocycles. The van der Waals surface area contributed by atoms with E-state index in [9.17, 15) is 9.59 Å². The van der Waals surface area contributed by atoms with Crippen LogP contribution in [0.15, 0.2) is 54.8 Å². The molecule has 0 saturated carbocycles. The number of hydrogen-bond acceptors (Lipinski definition) is 4. The van der Waals surface area contributed by atoms with E-state index < -0.39 is 6.04 Å².